The molecule has 0 bridgehead atoms. The van der Waals surface area contributed by atoms with E-state index in [1.54, 1.807) is 7.11 Å². The molecule has 4 heteroatoms. The SMILES string of the molecule is COc1ccc([C@@H](NC(=O)[C@@H]2CCCO2)c2ccccc2)cc1. The molecule has 1 heterocycles. The minimum atomic E-state index is -0.334. The largest absolute Gasteiger partial charge is 0.497 e. The Hall–Kier alpha value is -2.33. The van der Waals surface area contributed by atoms with Gasteiger partial charge in [-0.2, -0.15) is 0 Å². The Bertz CT molecular complexity index is 633. The van der Waals surface area contributed by atoms with Gasteiger partial charge in [-0.1, -0.05) is 42.5 Å². The van der Waals surface area contributed by atoms with Crippen molar-refractivity contribution in [3.63, 3.8) is 0 Å². The molecule has 1 N–H and O–H groups in total. The second kappa shape index (κ2) is 7.29. The number of nitrogens with one attached hydrogen (secondary N) is 1. The van der Waals surface area contributed by atoms with Gasteiger partial charge in [-0.05, 0) is 36.1 Å². The third kappa shape index (κ3) is 3.71. The molecule has 1 fully saturated rings. The quantitative estimate of drug-likeness (QED) is 0.923. The molecule has 1 aliphatic heterocycles. The van der Waals surface area contributed by atoms with Crippen LogP contribution in [0.5, 0.6) is 5.75 Å². The molecule has 1 saturated heterocycles. The number of carbonyl (C=O) groups excluding carboxylic acids is 1. The number of hydrogen-bond donors (Lipinski definition) is 1. The van der Waals surface area contributed by atoms with Crippen LogP contribution in [0.15, 0.2) is 54.6 Å². The van der Waals surface area contributed by atoms with Gasteiger partial charge in [0.05, 0.1) is 13.2 Å². The summed E-state index contributed by atoms with van der Waals surface area (Å²) in [6, 6.07) is 17.5. The standard InChI is InChI=1S/C19H21NO3/c1-22-16-11-9-15(10-12-16)18(14-6-3-2-4-7-14)20-19(21)17-8-5-13-23-17/h2-4,6-7,9-12,17-18H,5,8,13H2,1H3,(H,20,21)/t17-,18-/m0/s1. The predicted molar refractivity (Wildman–Crippen MR) is 88.4 cm³/mol. The summed E-state index contributed by atoms with van der Waals surface area (Å²) in [7, 11) is 1.64. The number of benzene rings is 2. The van der Waals surface area contributed by atoms with Gasteiger partial charge in [0.15, 0.2) is 0 Å². The summed E-state index contributed by atoms with van der Waals surface area (Å²) in [5, 5.41) is 3.12. The van der Waals surface area contributed by atoms with E-state index in [0.717, 1.165) is 29.7 Å². The van der Waals surface area contributed by atoms with Crippen molar-refractivity contribution < 1.29 is 14.3 Å². The molecule has 4 nitrogen and oxygen atoms in total. The van der Waals surface area contributed by atoms with Gasteiger partial charge in [0.2, 0.25) is 5.91 Å². The summed E-state index contributed by atoms with van der Waals surface area (Å²) < 4.78 is 10.7. The fraction of sp³-hybridized carbons (Fsp3) is 0.316. The van der Waals surface area contributed by atoms with Crippen molar-refractivity contribution in [2.45, 2.75) is 25.0 Å². The number of amides is 1. The molecule has 2 aromatic carbocycles. The Kier molecular flexibility index (Phi) is 4.93. The highest BCUT2D eigenvalue weighted by Crippen LogP contribution is 2.25. The van der Waals surface area contributed by atoms with Crippen LogP contribution < -0.4 is 10.1 Å². The van der Waals surface area contributed by atoms with E-state index in [-0.39, 0.29) is 18.1 Å². The van der Waals surface area contributed by atoms with Gasteiger partial charge in [0.25, 0.3) is 0 Å². The summed E-state index contributed by atoms with van der Waals surface area (Å²) in [5.74, 6) is 0.748. The first-order chi connectivity index (χ1) is 11.3. The fourth-order valence-corrected chi connectivity index (χ4v) is 2.82. The van der Waals surface area contributed by atoms with Gasteiger partial charge in [0.1, 0.15) is 11.9 Å². The molecule has 2 atom stereocenters. The molecule has 1 aliphatic rings. The van der Waals surface area contributed by atoms with Crippen LogP contribution in [0, 0.1) is 0 Å². The Balaban J connectivity index is 1.85. The maximum absolute atomic E-state index is 12.5. The zero-order valence-corrected chi connectivity index (χ0v) is 13.2. The van der Waals surface area contributed by atoms with E-state index in [2.05, 4.69) is 5.32 Å². The van der Waals surface area contributed by atoms with Crippen molar-refractivity contribution >= 4 is 5.91 Å². The van der Waals surface area contributed by atoms with Crippen molar-refractivity contribution in [1.82, 2.24) is 5.32 Å². The lowest BCUT2D eigenvalue weighted by Crippen LogP contribution is -2.37. The van der Waals surface area contributed by atoms with Crippen LogP contribution in [0.25, 0.3) is 0 Å². The number of rotatable bonds is 5. The van der Waals surface area contributed by atoms with Gasteiger partial charge >= 0.3 is 0 Å². The maximum atomic E-state index is 12.5. The molecule has 120 valence electrons. The van der Waals surface area contributed by atoms with E-state index in [0.29, 0.717) is 6.61 Å². The van der Waals surface area contributed by atoms with Crippen LogP contribution in [0.2, 0.25) is 0 Å². The minimum absolute atomic E-state index is 0.0489. The first kappa shape index (κ1) is 15.6. The van der Waals surface area contributed by atoms with E-state index >= 15 is 0 Å². The summed E-state index contributed by atoms with van der Waals surface area (Å²) in [4.78, 5) is 12.5. The van der Waals surface area contributed by atoms with E-state index in [1.807, 2.05) is 54.6 Å². The van der Waals surface area contributed by atoms with Gasteiger partial charge < -0.3 is 14.8 Å². The number of ether oxygens (including phenoxy) is 2. The third-order valence-electron chi connectivity index (χ3n) is 4.09. The summed E-state index contributed by atoms with van der Waals surface area (Å²) >= 11 is 0. The molecular formula is C19H21NO3. The van der Waals surface area contributed by atoms with Gasteiger partial charge in [-0.3, -0.25) is 4.79 Å². The van der Waals surface area contributed by atoms with Crippen LogP contribution in [-0.4, -0.2) is 25.7 Å². The van der Waals surface area contributed by atoms with Crippen molar-refractivity contribution in [2.24, 2.45) is 0 Å². The van der Waals surface area contributed by atoms with Crippen molar-refractivity contribution in [3.05, 3.63) is 65.7 Å². The molecule has 1 amide bonds. The zero-order chi connectivity index (χ0) is 16.1. The minimum Gasteiger partial charge on any atom is -0.497 e. The number of methoxy groups -OCH3 is 1. The molecule has 3 rings (SSSR count). The lowest BCUT2D eigenvalue weighted by atomic mass is 9.98. The average molecular weight is 311 g/mol. The molecular weight excluding hydrogens is 290 g/mol. The van der Waals surface area contributed by atoms with Gasteiger partial charge in [0, 0.05) is 6.61 Å². The van der Waals surface area contributed by atoms with Crippen LogP contribution in [-0.2, 0) is 9.53 Å². The smallest absolute Gasteiger partial charge is 0.249 e. The normalized spacial score (nSPS) is 18.4. The van der Waals surface area contributed by atoms with Crippen molar-refractivity contribution in [1.29, 1.82) is 0 Å². The molecule has 0 aliphatic carbocycles. The molecule has 2 aromatic rings. The second-order valence-corrected chi connectivity index (χ2v) is 5.63. The highest BCUT2D eigenvalue weighted by Gasteiger charge is 2.26. The Morgan fingerprint density at radius 1 is 1.13 bits per heavy atom. The van der Waals surface area contributed by atoms with Crippen molar-refractivity contribution in [3.8, 4) is 5.75 Å². The van der Waals surface area contributed by atoms with E-state index in [1.165, 1.54) is 0 Å². The monoisotopic (exact) mass is 311 g/mol. The van der Waals surface area contributed by atoms with Crippen LogP contribution in [0.4, 0.5) is 0 Å². The predicted octanol–water partition coefficient (Wildman–Crippen LogP) is 3.08. The van der Waals surface area contributed by atoms with Crippen LogP contribution in [0.3, 0.4) is 0 Å². The van der Waals surface area contributed by atoms with Crippen LogP contribution in [0.1, 0.15) is 30.0 Å². The average Bonchev–Trinajstić information content (AvgIpc) is 3.15. The van der Waals surface area contributed by atoms with Gasteiger partial charge in [-0.25, -0.2) is 0 Å². The molecule has 0 saturated carbocycles. The summed E-state index contributed by atoms with van der Waals surface area (Å²) in [6.07, 6.45) is 1.39. The first-order valence-corrected chi connectivity index (χ1v) is 7.89. The van der Waals surface area contributed by atoms with E-state index in [9.17, 15) is 4.79 Å². The Labute approximate surface area is 136 Å². The van der Waals surface area contributed by atoms with Gasteiger partial charge in [-0.15, -0.1) is 0 Å². The number of hydrogen-bond acceptors (Lipinski definition) is 3. The first-order valence-electron chi connectivity index (χ1n) is 7.89. The Morgan fingerprint density at radius 2 is 1.83 bits per heavy atom. The lowest BCUT2D eigenvalue weighted by molar-refractivity contribution is -0.130. The molecule has 0 unspecified atom stereocenters. The highest BCUT2D eigenvalue weighted by atomic mass is 16.5. The molecule has 0 aromatic heterocycles. The second-order valence-electron chi connectivity index (χ2n) is 5.63. The highest BCUT2D eigenvalue weighted by molar-refractivity contribution is 5.81. The van der Waals surface area contributed by atoms with Crippen molar-refractivity contribution in [2.75, 3.05) is 13.7 Å². The maximum Gasteiger partial charge on any atom is 0.249 e. The van der Waals surface area contributed by atoms with Crippen LogP contribution >= 0.6 is 0 Å². The lowest BCUT2D eigenvalue weighted by Gasteiger charge is -2.22. The summed E-state index contributed by atoms with van der Waals surface area (Å²) in [5.41, 5.74) is 2.06. The molecule has 0 spiro atoms. The summed E-state index contributed by atoms with van der Waals surface area (Å²) in [6.45, 7) is 0.663. The van der Waals surface area contributed by atoms with E-state index in [4.69, 9.17) is 9.47 Å². The number of carbonyl (C=O) groups is 1. The topological polar surface area (TPSA) is 47.6 Å². The third-order valence-corrected chi connectivity index (χ3v) is 4.09. The molecule has 0 radical (unpaired) electrons. The Morgan fingerprint density at radius 3 is 2.43 bits per heavy atom. The zero-order valence-electron chi connectivity index (χ0n) is 13.2. The van der Waals surface area contributed by atoms with E-state index < -0.39 is 0 Å². The fourth-order valence-electron chi connectivity index (χ4n) is 2.82. The molecule has 23 heavy (non-hydrogen) atoms.